The summed E-state index contributed by atoms with van der Waals surface area (Å²) in [6, 6.07) is 34.1. The fraction of sp³-hybridized carbons (Fsp3) is 0.233. The van der Waals surface area contributed by atoms with Crippen molar-refractivity contribution in [3.05, 3.63) is 169 Å². The predicted molar refractivity (Wildman–Crippen MR) is 202 cm³/mol. The van der Waals surface area contributed by atoms with E-state index in [0.717, 1.165) is 40.7 Å². The van der Waals surface area contributed by atoms with Crippen LogP contribution >= 0.6 is 11.3 Å². The smallest absolute Gasteiger partial charge is 0.343 e. The second kappa shape index (κ2) is 13.3. The van der Waals surface area contributed by atoms with E-state index in [2.05, 4.69) is 41.7 Å². The molecule has 0 bridgehead atoms. The highest BCUT2D eigenvalue weighted by atomic mass is 32.1. The predicted octanol–water partition coefficient (Wildman–Crippen LogP) is 8.24. The summed E-state index contributed by atoms with van der Waals surface area (Å²) < 4.78 is 22.9. The van der Waals surface area contributed by atoms with Crippen molar-refractivity contribution in [2.75, 3.05) is 20.2 Å². The van der Waals surface area contributed by atoms with Gasteiger partial charge in [0.1, 0.15) is 11.4 Å². The van der Waals surface area contributed by atoms with E-state index in [9.17, 15) is 14.4 Å². The third-order valence-electron chi connectivity index (χ3n) is 10.4. The fourth-order valence-corrected chi connectivity index (χ4v) is 9.12. The minimum absolute atomic E-state index is 0.0966. The van der Waals surface area contributed by atoms with Gasteiger partial charge in [-0.1, -0.05) is 91.0 Å². The lowest BCUT2D eigenvalue weighted by molar-refractivity contribution is 0.0523. The molecule has 0 radical (unpaired) electrons. The number of amides is 1. The summed E-state index contributed by atoms with van der Waals surface area (Å²) in [4.78, 5) is 43.1. The van der Waals surface area contributed by atoms with Crippen LogP contribution in [0.5, 0.6) is 0 Å². The van der Waals surface area contributed by atoms with Crippen molar-refractivity contribution in [1.82, 2.24) is 14.6 Å². The Bertz CT molecular complexity index is 2290. The molecule has 3 aromatic carbocycles. The van der Waals surface area contributed by atoms with Crippen LogP contribution in [-0.4, -0.2) is 41.4 Å². The minimum atomic E-state index is -0.796. The number of aryl methyl sites for hydroxylation is 1. The molecule has 3 aromatic heterocycles. The van der Waals surface area contributed by atoms with Gasteiger partial charge in [0.15, 0.2) is 0 Å². The van der Waals surface area contributed by atoms with Crippen LogP contribution in [0.25, 0.3) is 16.0 Å². The van der Waals surface area contributed by atoms with Crippen LogP contribution in [0.2, 0.25) is 0 Å². The number of rotatable bonds is 9. The number of halogens is 1. The summed E-state index contributed by atoms with van der Waals surface area (Å²) in [6.45, 7) is 4.02. The highest BCUT2D eigenvalue weighted by molar-refractivity contribution is 7.17. The molecule has 2 aliphatic rings. The van der Waals surface area contributed by atoms with Crippen LogP contribution in [0.1, 0.15) is 85.1 Å². The third-order valence-corrected chi connectivity index (χ3v) is 11.5. The molecule has 0 saturated heterocycles. The minimum Gasteiger partial charge on any atom is -0.462 e. The van der Waals surface area contributed by atoms with Crippen LogP contribution in [0, 0.1) is 12.7 Å². The number of ether oxygens (including phenoxy) is 1. The highest BCUT2D eigenvalue weighted by Crippen LogP contribution is 2.47. The Kier molecular flexibility index (Phi) is 8.64. The largest absolute Gasteiger partial charge is 0.462 e. The average Bonchev–Trinajstić information content (AvgIpc) is 3.92. The maximum absolute atomic E-state index is 16.5. The third kappa shape index (κ3) is 5.56. The Balaban J connectivity index is 1.31. The number of pyridine rings is 2. The summed E-state index contributed by atoms with van der Waals surface area (Å²) >= 11 is 1.27. The first-order valence-electron chi connectivity index (χ1n) is 17.6. The first-order chi connectivity index (χ1) is 25.2. The monoisotopic (exact) mass is 711 g/mol. The topological polar surface area (TPSA) is 80.1 Å². The molecule has 262 valence electrons. The molecule has 1 aliphatic carbocycles. The van der Waals surface area contributed by atoms with E-state index in [1.807, 2.05) is 67.6 Å². The molecule has 4 heterocycles. The van der Waals surface area contributed by atoms with Gasteiger partial charge in [-0.15, -0.1) is 11.3 Å². The molecule has 1 aliphatic heterocycles. The number of hydrogen-bond donors (Lipinski definition) is 1. The maximum atomic E-state index is 16.5. The van der Waals surface area contributed by atoms with E-state index in [1.54, 1.807) is 24.9 Å². The standard InChI is InChI=1S/C43H38FN3O4S/c1-4-51-42(50)33-22-31(27-20-21-27)38-26(2)37(34(44)24-47(38)40(33)48)36-23-32-35(25-46(3)41(49)39(32)52-36)45-43(28-14-8-5-9-15-28,29-16-10-6-11-17-29)30-18-12-7-13-19-30/h5-19,22-24,27,35,45H,4,20-21,25H2,1-3H3. The number of benzene rings is 3. The summed E-state index contributed by atoms with van der Waals surface area (Å²) in [5.41, 5.74) is 4.78. The zero-order valence-corrected chi connectivity index (χ0v) is 30.0. The van der Waals surface area contributed by atoms with Gasteiger partial charge in [-0.25, -0.2) is 9.18 Å². The zero-order valence-electron chi connectivity index (χ0n) is 29.2. The summed E-state index contributed by atoms with van der Waals surface area (Å²) in [6.07, 6.45) is 3.01. The highest BCUT2D eigenvalue weighted by Gasteiger charge is 2.42. The van der Waals surface area contributed by atoms with Gasteiger partial charge in [0, 0.05) is 30.2 Å². The molecule has 8 rings (SSSR count). The molecule has 0 spiro atoms. The Morgan fingerprint density at radius 2 is 1.48 bits per heavy atom. The number of hydrogen-bond acceptors (Lipinski definition) is 6. The normalized spacial score (nSPS) is 15.9. The molecule has 1 N–H and O–H groups in total. The van der Waals surface area contributed by atoms with Crippen LogP contribution < -0.4 is 10.9 Å². The number of esters is 1. The molecule has 1 saturated carbocycles. The lowest BCUT2D eigenvalue weighted by Crippen LogP contribution is -2.51. The number of carbonyl (C=O) groups excluding carboxylic acids is 2. The number of thiophene rings is 1. The van der Waals surface area contributed by atoms with Crippen molar-refractivity contribution >= 4 is 28.7 Å². The quantitative estimate of drug-likeness (QED) is 0.121. The SMILES string of the molecule is CCOC(=O)c1cc(C2CC2)c2c(C)c(-c3cc4c(s3)C(=O)N(C)CC4NC(c3ccccc3)(c3ccccc3)c3ccccc3)c(F)cn2c1=O. The Hall–Kier alpha value is -5.38. The molecular formula is C43H38FN3O4S. The molecule has 1 atom stereocenters. The first kappa shape index (κ1) is 33.7. The van der Waals surface area contributed by atoms with E-state index < -0.39 is 22.9 Å². The fourth-order valence-electron chi connectivity index (χ4n) is 7.80. The number of nitrogens with one attached hydrogen (secondary N) is 1. The Labute approximate surface area is 305 Å². The first-order valence-corrected chi connectivity index (χ1v) is 18.4. The number of aromatic nitrogens is 1. The Morgan fingerprint density at radius 1 is 0.904 bits per heavy atom. The second-order valence-corrected chi connectivity index (χ2v) is 14.7. The molecule has 1 fully saturated rings. The van der Waals surface area contributed by atoms with Gasteiger partial charge in [-0.05, 0) is 78.1 Å². The lowest BCUT2D eigenvalue weighted by atomic mass is 9.76. The zero-order chi connectivity index (χ0) is 36.1. The van der Waals surface area contributed by atoms with Crippen molar-refractivity contribution < 1.29 is 18.7 Å². The molecule has 52 heavy (non-hydrogen) atoms. The van der Waals surface area contributed by atoms with E-state index in [0.29, 0.717) is 32.9 Å². The van der Waals surface area contributed by atoms with Crippen LogP contribution in [0.4, 0.5) is 4.39 Å². The number of likely N-dealkylation sites (N-methyl/N-ethyl adjacent to an activating group) is 1. The van der Waals surface area contributed by atoms with Crippen molar-refractivity contribution in [3.63, 3.8) is 0 Å². The van der Waals surface area contributed by atoms with E-state index in [1.165, 1.54) is 21.9 Å². The van der Waals surface area contributed by atoms with Crippen LogP contribution in [0.3, 0.4) is 0 Å². The van der Waals surface area contributed by atoms with Crippen LogP contribution in [-0.2, 0) is 10.3 Å². The van der Waals surface area contributed by atoms with Crippen molar-refractivity contribution in [2.24, 2.45) is 0 Å². The number of fused-ring (bicyclic) bond motifs is 2. The lowest BCUT2D eigenvalue weighted by Gasteiger charge is -2.42. The number of carbonyl (C=O) groups is 2. The van der Waals surface area contributed by atoms with Gasteiger partial charge in [-0.3, -0.25) is 19.3 Å². The molecule has 1 unspecified atom stereocenters. The van der Waals surface area contributed by atoms with E-state index in [-0.39, 0.29) is 30.0 Å². The van der Waals surface area contributed by atoms with Crippen molar-refractivity contribution in [2.45, 2.75) is 44.2 Å². The second-order valence-electron chi connectivity index (χ2n) is 13.6. The van der Waals surface area contributed by atoms with Crippen molar-refractivity contribution in [1.29, 1.82) is 0 Å². The molecular weight excluding hydrogens is 674 g/mol. The average molecular weight is 712 g/mol. The van der Waals surface area contributed by atoms with Gasteiger partial charge in [0.25, 0.3) is 11.5 Å². The van der Waals surface area contributed by atoms with Gasteiger partial charge < -0.3 is 9.64 Å². The van der Waals surface area contributed by atoms with E-state index in [4.69, 9.17) is 4.74 Å². The summed E-state index contributed by atoms with van der Waals surface area (Å²) in [7, 11) is 1.80. The van der Waals surface area contributed by atoms with E-state index >= 15 is 4.39 Å². The molecule has 6 aromatic rings. The summed E-state index contributed by atoms with van der Waals surface area (Å²) in [5, 5.41) is 4.05. The molecule has 7 nitrogen and oxygen atoms in total. The van der Waals surface area contributed by atoms with Gasteiger partial charge in [-0.2, -0.15) is 0 Å². The molecule has 1 amide bonds. The van der Waals surface area contributed by atoms with Crippen molar-refractivity contribution in [3.8, 4) is 10.4 Å². The summed E-state index contributed by atoms with van der Waals surface area (Å²) in [5.74, 6) is -1.29. The van der Waals surface area contributed by atoms with Gasteiger partial charge >= 0.3 is 5.97 Å². The van der Waals surface area contributed by atoms with Gasteiger partial charge in [0.2, 0.25) is 0 Å². The van der Waals surface area contributed by atoms with Gasteiger partial charge in [0.05, 0.1) is 28.6 Å². The number of nitrogens with zero attached hydrogens (tertiary/aromatic N) is 2. The molecule has 9 heteroatoms. The Morgan fingerprint density at radius 3 is 2.02 bits per heavy atom. The van der Waals surface area contributed by atoms with Crippen LogP contribution in [0.15, 0.2) is 114 Å². The maximum Gasteiger partial charge on any atom is 0.343 e.